The van der Waals surface area contributed by atoms with Crippen molar-refractivity contribution in [3.05, 3.63) is 0 Å². The van der Waals surface area contributed by atoms with Crippen molar-refractivity contribution in [3.8, 4) is 0 Å². The first-order valence-corrected chi connectivity index (χ1v) is 2.15. The molecule has 0 unspecified atom stereocenters. The van der Waals surface area contributed by atoms with E-state index in [4.69, 9.17) is 9.47 Å². The summed E-state index contributed by atoms with van der Waals surface area (Å²) in [4.78, 5) is 0. The largest absolute Gasteiger partial charge is 1.00 e. The second-order valence-electron chi connectivity index (χ2n) is 1.22. The molecule has 0 atom stereocenters. The summed E-state index contributed by atoms with van der Waals surface area (Å²) in [7, 11) is 0. The molecule has 1 aliphatic rings. The summed E-state index contributed by atoms with van der Waals surface area (Å²) in [5.41, 5.74) is 0. The predicted octanol–water partition coefficient (Wildman–Crippen LogP) is -9.44. The Morgan fingerprint density at radius 1 is 0.700 bits per heavy atom. The molecule has 0 aliphatic carbocycles. The smallest absolute Gasteiger partial charge is 1.00 e. The maximum Gasteiger partial charge on any atom is 1.00 e. The van der Waals surface area contributed by atoms with Gasteiger partial charge in [0.05, 0.1) is 26.4 Å². The summed E-state index contributed by atoms with van der Waals surface area (Å²) in [5, 5.41) is 0. The van der Waals surface area contributed by atoms with Gasteiger partial charge < -0.3 is 19.2 Å². The van der Waals surface area contributed by atoms with E-state index in [0.29, 0.717) is 0 Å². The Labute approximate surface area is 194 Å². The third kappa shape index (κ3) is 15.3. The Morgan fingerprint density at radius 2 is 0.900 bits per heavy atom. The second kappa shape index (κ2) is 19.4. The molecule has 0 radical (unpaired) electrons. The molecule has 0 spiro atoms. The quantitative estimate of drug-likeness (QED) is 0.385. The first-order chi connectivity index (χ1) is 3.00. The zero-order valence-corrected chi connectivity index (χ0v) is 16.5. The van der Waals surface area contributed by atoms with Gasteiger partial charge in [-0.3, -0.25) is 0 Å². The van der Waals surface area contributed by atoms with Crippen LogP contribution in [0.1, 0.15) is 4.28 Å². The van der Waals surface area contributed by atoms with E-state index in [2.05, 4.69) is 0 Å². The molecule has 50 valence electrons. The van der Waals surface area contributed by atoms with Crippen molar-refractivity contribution in [2.24, 2.45) is 0 Å². The Balaban J connectivity index is -0.0000000103. The van der Waals surface area contributed by atoms with Crippen LogP contribution in [0.25, 0.3) is 0 Å². The van der Waals surface area contributed by atoms with Crippen LogP contribution in [0.3, 0.4) is 0 Å². The van der Waals surface area contributed by atoms with Gasteiger partial charge in [0.2, 0.25) is 0 Å². The fourth-order valence-corrected chi connectivity index (χ4v) is 0.440. The minimum Gasteiger partial charge on any atom is -1.00 e. The van der Waals surface area contributed by atoms with Crippen LogP contribution in [0, 0.1) is 0 Å². The predicted molar refractivity (Wildman–Crippen MR) is 28.6 cm³/mol. The molecule has 0 bridgehead atoms. The summed E-state index contributed by atoms with van der Waals surface area (Å²) in [6, 6.07) is 0. The summed E-state index contributed by atoms with van der Waals surface area (Å²) in [5.74, 6) is 0. The number of rotatable bonds is 0. The summed E-state index contributed by atoms with van der Waals surface area (Å²) >= 11 is 0. The number of hydrogen-bond donors (Lipinski definition) is 0. The molecule has 3 nitrogen and oxygen atoms in total. The van der Waals surface area contributed by atoms with Crippen molar-refractivity contribution in [1.29, 1.82) is 0 Å². The topological polar surface area (TPSA) is 50.0 Å². The first-order valence-electron chi connectivity index (χ1n) is 2.15. The van der Waals surface area contributed by atoms with Gasteiger partial charge in [0, 0.05) is 0 Å². The van der Waals surface area contributed by atoms with Crippen LogP contribution >= 0.6 is 0 Å². The zero-order valence-electron chi connectivity index (χ0n) is 10.1. The van der Waals surface area contributed by atoms with E-state index in [9.17, 15) is 0 Å². The Hall–Kier alpha value is 4.79. The summed E-state index contributed by atoms with van der Waals surface area (Å²) < 4.78 is 9.89. The van der Waals surface area contributed by atoms with E-state index in [0.717, 1.165) is 26.4 Å². The van der Waals surface area contributed by atoms with Crippen LogP contribution in [-0.2, 0) is 9.47 Å². The van der Waals surface area contributed by atoms with E-state index in [1.807, 2.05) is 0 Å². The molecule has 1 fully saturated rings. The van der Waals surface area contributed by atoms with Gasteiger partial charge in [-0.1, -0.05) is 0 Å². The third-order valence-corrected chi connectivity index (χ3v) is 0.744. The van der Waals surface area contributed by atoms with Crippen LogP contribution in [-0.4, -0.2) is 31.9 Å². The van der Waals surface area contributed by atoms with Gasteiger partial charge in [0.25, 0.3) is 0 Å². The number of ether oxygens (including phenoxy) is 2. The molecule has 0 aromatic rings. The summed E-state index contributed by atoms with van der Waals surface area (Å²) in [6.07, 6.45) is 0. The maximum absolute atomic E-state index is 4.94. The van der Waals surface area contributed by atoms with E-state index in [1.165, 1.54) is 0 Å². The van der Waals surface area contributed by atoms with E-state index in [1.54, 1.807) is 0 Å². The molecule has 10 heavy (non-hydrogen) atoms. The maximum atomic E-state index is 4.94. The molecule has 0 aromatic carbocycles. The molecular weight excluding hydrogens is 213 g/mol. The fraction of sp³-hybridized carbons (Fsp3) is 1.00. The molecule has 0 amide bonds. The van der Waals surface area contributed by atoms with Gasteiger partial charge in [0.1, 0.15) is 0 Å². The minimum absolute atomic E-state index is 0. The van der Waals surface area contributed by atoms with E-state index < -0.39 is 0 Å². The number of hydrogen-bond acceptors (Lipinski definition) is 2. The van der Waals surface area contributed by atoms with E-state index >= 15 is 0 Å². The molecule has 0 aromatic heterocycles. The normalized spacial score (nSPS) is 14.4. The third-order valence-electron chi connectivity index (χ3n) is 0.744. The SMILES string of the molecule is C1COCCO1.O.[H-].[H-].[H-].[K+].[K+].[K+]. The minimum atomic E-state index is 0. The van der Waals surface area contributed by atoms with Gasteiger partial charge in [-0.05, 0) is 0 Å². The van der Waals surface area contributed by atoms with Gasteiger partial charge in [0.15, 0.2) is 0 Å². The van der Waals surface area contributed by atoms with Gasteiger partial charge in [-0.25, -0.2) is 0 Å². The monoisotopic (exact) mass is 226 g/mol. The van der Waals surface area contributed by atoms with Gasteiger partial charge in [-0.15, -0.1) is 0 Å². The molecule has 2 N–H and O–H groups in total. The van der Waals surface area contributed by atoms with Gasteiger partial charge in [-0.2, -0.15) is 0 Å². The standard InChI is InChI=1S/C4H8O2.3K.H2O.3H/c1-2-6-4-3-5-1;;;;;;;/h1-4H2;;;;1H2;;;/q;3*+1;;3*-1. The fourth-order valence-electron chi connectivity index (χ4n) is 0.440. The van der Waals surface area contributed by atoms with Crippen LogP contribution in [0.4, 0.5) is 0 Å². The Bertz CT molecular complexity index is 41.4. The van der Waals surface area contributed by atoms with E-state index in [-0.39, 0.29) is 164 Å². The average molecular weight is 226 g/mol. The molecule has 0 saturated carbocycles. The van der Waals surface area contributed by atoms with Crippen LogP contribution < -0.4 is 154 Å². The van der Waals surface area contributed by atoms with Crippen molar-refractivity contribution in [1.82, 2.24) is 0 Å². The van der Waals surface area contributed by atoms with Crippen molar-refractivity contribution < 1.29 is 173 Å². The molecule has 6 heteroatoms. The second-order valence-corrected chi connectivity index (χ2v) is 1.22. The molecule has 1 aliphatic heterocycles. The Morgan fingerprint density at radius 3 is 1.00 bits per heavy atom. The molecule has 1 rings (SSSR count). The van der Waals surface area contributed by atoms with Crippen molar-refractivity contribution in [2.45, 2.75) is 0 Å². The molecule has 1 heterocycles. The van der Waals surface area contributed by atoms with Gasteiger partial charge >= 0.3 is 154 Å². The average Bonchev–Trinajstić information content (AvgIpc) is 1.72. The van der Waals surface area contributed by atoms with Crippen molar-refractivity contribution in [3.63, 3.8) is 0 Å². The molecular formula is C4H13K3O3. The van der Waals surface area contributed by atoms with Crippen LogP contribution in [0.2, 0.25) is 0 Å². The van der Waals surface area contributed by atoms with Crippen LogP contribution in [0.5, 0.6) is 0 Å². The Kier molecular flexibility index (Phi) is 46.8. The molecule has 1 saturated heterocycles. The zero-order chi connectivity index (χ0) is 4.24. The summed E-state index contributed by atoms with van der Waals surface area (Å²) in [6.45, 7) is 3.11. The first kappa shape index (κ1) is 24.2. The van der Waals surface area contributed by atoms with Crippen molar-refractivity contribution in [2.75, 3.05) is 26.4 Å². The van der Waals surface area contributed by atoms with Crippen LogP contribution in [0.15, 0.2) is 0 Å². The van der Waals surface area contributed by atoms with Crippen molar-refractivity contribution >= 4 is 0 Å².